The zero-order valence-corrected chi connectivity index (χ0v) is 14.5. The average Bonchev–Trinajstić information content (AvgIpc) is 2.61. The van der Waals surface area contributed by atoms with E-state index in [1.807, 2.05) is 0 Å². The molecule has 7 nitrogen and oxygen atoms in total. The molecule has 1 aromatic heterocycles. The van der Waals surface area contributed by atoms with Gasteiger partial charge < -0.3 is 9.88 Å². The molecule has 8 heteroatoms. The molecule has 0 atom stereocenters. The Morgan fingerprint density at radius 2 is 1.96 bits per heavy atom. The quantitative estimate of drug-likeness (QED) is 0.561. The topological polar surface area (TPSA) is 96.3 Å². The van der Waals surface area contributed by atoms with Crippen LogP contribution in [0.3, 0.4) is 0 Å². The normalized spacial score (nSPS) is 10.7. The number of aromatic amines is 1. The smallest absolute Gasteiger partial charge is 0.269 e. The predicted molar refractivity (Wildman–Crippen MR) is 98.5 cm³/mol. The summed E-state index contributed by atoms with van der Waals surface area (Å²) in [7, 11) is 1.55. The van der Waals surface area contributed by atoms with Gasteiger partial charge in [-0.05, 0) is 17.7 Å². The van der Waals surface area contributed by atoms with Crippen molar-refractivity contribution in [3.63, 3.8) is 0 Å². The van der Waals surface area contributed by atoms with Crippen LogP contribution in [0.4, 0.5) is 5.69 Å². The number of nitro groups is 1. The lowest BCUT2D eigenvalue weighted by Gasteiger charge is -2.19. The molecule has 0 saturated carbocycles. The van der Waals surface area contributed by atoms with E-state index in [0.717, 1.165) is 0 Å². The molecule has 2 aromatic carbocycles. The molecule has 0 aliphatic carbocycles. The van der Waals surface area contributed by atoms with E-state index in [-0.39, 0.29) is 29.3 Å². The van der Waals surface area contributed by atoms with Crippen LogP contribution in [0.5, 0.6) is 0 Å². The third kappa shape index (κ3) is 3.43. The Labute approximate surface area is 153 Å². The van der Waals surface area contributed by atoms with Gasteiger partial charge >= 0.3 is 0 Å². The van der Waals surface area contributed by atoms with E-state index >= 15 is 0 Å². The van der Waals surface area contributed by atoms with Gasteiger partial charge in [-0.3, -0.25) is 19.7 Å². The van der Waals surface area contributed by atoms with Crippen LogP contribution in [0.2, 0.25) is 5.02 Å². The molecule has 1 amide bonds. The number of hydrogen-bond donors (Lipinski definition) is 1. The largest absolute Gasteiger partial charge is 0.337 e. The number of carbonyl (C=O) groups is 1. The highest BCUT2D eigenvalue weighted by Gasteiger charge is 2.18. The van der Waals surface area contributed by atoms with Crippen molar-refractivity contribution < 1.29 is 9.72 Å². The van der Waals surface area contributed by atoms with Gasteiger partial charge in [-0.1, -0.05) is 29.8 Å². The number of carbonyl (C=O) groups excluding carboxylic acids is 1. The zero-order chi connectivity index (χ0) is 18.8. The summed E-state index contributed by atoms with van der Waals surface area (Å²) in [6, 6.07) is 12.3. The van der Waals surface area contributed by atoms with E-state index in [1.165, 1.54) is 29.2 Å². The fourth-order valence-electron chi connectivity index (χ4n) is 2.71. The van der Waals surface area contributed by atoms with Crippen LogP contribution in [-0.4, -0.2) is 27.8 Å². The minimum absolute atomic E-state index is 0.0699. The molecular weight excluding hydrogens is 358 g/mol. The van der Waals surface area contributed by atoms with Crippen molar-refractivity contribution in [3.8, 4) is 0 Å². The number of aromatic nitrogens is 1. The molecule has 3 rings (SSSR count). The number of fused-ring (bicyclic) bond motifs is 1. The molecule has 0 bridgehead atoms. The minimum atomic E-state index is -0.522. The highest BCUT2D eigenvalue weighted by molar-refractivity contribution is 6.31. The first-order valence-electron chi connectivity index (χ1n) is 7.67. The number of nitro benzene ring substituents is 1. The number of benzene rings is 2. The number of non-ortho nitro benzene ring substituents is 1. The standard InChI is InChI=1S/C18H14ClN3O4/c1-21(10-11-8-12(22(25)26)6-7-15(11)19)18(24)14-9-17(23)20-16-5-3-2-4-13(14)16/h2-9H,10H2,1H3,(H,20,23). The van der Waals surface area contributed by atoms with Gasteiger partial charge in [0, 0.05) is 47.7 Å². The second-order valence-electron chi connectivity index (χ2n) is 5.79. The van der Waals surface area contributed by atoms with E-state index in [1.54, 1.807) is 31.3 Å². The molecule has 132 valence electrons. The van der Waals surface area contributed by atoms with Gasteiger partial charge in [-0.25, -0.2) is 0 Å². The molecule has 1 N–H and O–H groups in total. The second kappa shape index (κ2) is 6.97. The Balaban J connectivity index is 1.96. The molecule has 0 aliphatic heterocycles. The van der Waals surface area contributed by atoms with Gasteiger partial charge in [0.2, 0.25) is 5.56 Å². The number of halogens is 1. The maximum Gasteiger partial charge on any atom is 0.269 e. The predicted octanol–water partition coefficient (Wildman–Crippen LogP) is 3.36. The third-order valence-electron chi connectivity index (χ3n) is 3.98. The summed E-state index contributed by atoms with van der Waals surface area (Å²) in [5.74, 6) is -0.380. The van der Waals surface area contributed by atoms with Gasteiger partial charge in [0.05, 0.1) is 10.5 Å². The lowest BCUT2D eigenvalue weighted by atomic mass is 10.1. The minimum Gasteiger partial charge on any atom is -0.337 e. The molecule has 0 spiro atoms. The van der Waals surface area contributed by atoms with Crippen molar-refractivity contribution in [1.29, 1.82) is 0 Å². The number of hydrogen-bond acceptors (Lipinski definition) is 4. The number of nitrogens with one attached hydrogen (secondary N) is 1. The van der Waals surface area contributed by atoms with Crippen LogP contribution in [0.1, 0.15) is 15.9 Å². The van der Waals surface area contributed by atoms with Crippen LogP contribution >= 0.6 is 11.6 Å². The molecular formula is C18H14ClN3O4. The Morgan fingerprint density at radius 3 is 2.69 bits per heavy atom. The van der Waals surface area contributed by atoms with E-state index in [0.29, 0.717) is 21.5 Å². The molecule has 1 heterocycles. The highest BCUT2D eigenvalue weighted by atomic mass is 35.5. The van der Waals surface area contributed by atoms with E-state index in [4.69, 9.17) is 11.6 Å². The molecule has 3 aromatic rings. The monoisotopic (exact) mass is 371 g/mol. The van der Waals surface area contributed by atoms with Crippen molar-refractivity contribution >= 4 is 34.1 Å². The summed E-state index contributed by atoms with van der Waals surface area (Å²) in [4.78, 5) is 39.1. The van der Waals surface area contributed by atoms with Gasteiger partial charge in [-0.2, -0.15) is 0 Å². The van der Waals surface area contributed by atoms with Crippen molar-refractivity contribution in [1.82, 2.24) is 9.88 Å². The first kappa shape index (κ1) is 17.6. The summed E-state index contributed by atoms with van der Waals surface area (Å²) in [5, 5.41) is 11.9. The number of rotatable bonds is 4. The Kier molecular flexibility index (Phi) is 4.73. The van der Waals surface area contributed by atoms with Crippen LogP contribution < -0.4 is 5.56 Å². The number of pyridine rings is 1. The second-order valence-corrected chi connectivity index (χ2v) is 6.19. The Morgan fingerprint density at radius 1 is 1.23 bits per heavy atom. The fraction of sp³-hybridized carbons (Fsp3) is 0.111. The van der Waals surface area contributed by atoms with E-state index in [9.17, 15) is 19.7 Å². The number of nitrogens with zero attached hydrogens (tertiary/aromatic N) is 2. The first-order chi connectivity index (χ1) is 12.4. The van der Waals surface area contributed by atoms with Crippen LogP contribution in [-0.2, 0) is 6.54 Å². The fourth-order valence-corrected chi connectivity index (χ4v) is 2.89. The molecule has 0 unspecified atom stereocenters. The van der Waals surface area contributed by atoms with Crippen LogP contribution in [0, 0.1) is 10.1 Å². The third-order valence-corrected chi connectivity index (χ3v) is 4.34. The van der Waals surface area contributed by atoms with Crippen molar-refractivity contribution in [2.45, 2.75) is 6.54 Å². The molecule has 0 fully saturated rings. The Hall–Kier alpha value is -3.19. The maximum atomic E-state index is 12.8. The number of amides is 1. The van der Waals surface area contributed by atoms with E-state index < -0.39 is 4.92 Å². The summed E-state index contributed by atoms with van der Waals surface area (Å²) >= 11 is 6.10. The number of para-hydroxylation sites is 1. The first-order valence-corrected chi connectivity index (χ1v) is 8.05. The lowest BCUT2D eigenvalue weighted by molar-refractivity contribution is -0.384. The summed E-state index contributed by atoms with van der Waals surface area (Å²) in [6.07, 6.45) is 0. The van der Waals surface area contributed by atoms with Crippen LogP contribution in [0.15, 0.2) is 53.3 Å². The SMILES string of the molecule is CN(Cc1cc([N+](=O)[O-])ccc1Cl)C(=O)c1cc(=O)[nH]c2ccccc12. The summed E-state index contributed by atoms with van der Waals surface area (Å²) in [5.41, 5.74) is 0.782. The molecule has 0 aliphatic rings. The van der Waals surface area contributed by atoms with E-state index in [2.05, 4.69) is 4.98 Å². The Bertz CT molecular complexity index is 1080. The van der Waals surface area contributed by atoms with Crippen molar-refractivity contribution in [2.24, 2.45) is 0 Å². The van der Waals surface area contributed by atoms with Gasteiger partial charge in [0.1, 0.15) is 0 Å². The lowest BCUT2D eigenvalue weighted by Crippen LogP contribution is -2.27. The molecule has 0 radical (unpaired) electrons. The molecule has 0 saturated heterocycles. The number of H-pyrrole nitrogens is 1. The summed E-state index contributed by atoms with van der Waals surface area (Å²) < 4.78 is 0. The summed E-state index contributed by atoms with van der Waals surface area (Å²) in [6.45, 7) is 0.0699. The van der Waals surface area contributed by atoms with Gasteiger partial charge in [-0.15, -0.1) is 0 Å². The van der Waals surface area contributed by atoms with Crippen molar-refractivity contribution in [2.75, 3.05) is 7.05 Å². The zero-order valence-electron chi connectivity index (χ0n) is 13.7. The highest BCUT2D eigenvalue weighted by Crippen LogP contribution is 2.24. The van der Waals surface area contributed by atoms with Crippen LogP contribution in [0.25, 0.3) is 10.9 Å². The average molecular weight is 372 g/mol. The maximum absolute atomic E-state index is 12.8. The van der Waals surface area contributed by atoms with Gasteiger partial charge in [0.25, 0.3) is 11.6 Å². The van der Waals surface area contributed by atoms with Gasteiger partial charge in [0.15, 0.2) is 0 Å². The van der Waals surface area contributed by atoms with Crippen molar-refractivity contribution in [3.05, 3.63) is 85.1 Å². The molecule has 26 heavy (non-hydrogen) atoms.